The molecule has 0 heterocycles. The number of nitrogens with one attached hydrogen (secondary N) is 3. The van der Waals surface area contributed by atoms with Gasteiger partial charge in [-0.2, -0.15) is 0 Å². The molecule has 0 aromatic heterocycles. The molecule has 1 aromatic rings. The minimum Gasteiger partial charge on any atom is -0.480 e. The summed E-state index contributed by atoms with van der Waals surface area (Å²) in [5, 5.41) is 16.0. The molecule has 13 nitrogen and oxygen atoms in total. The summed E-state index contributed by atoms with van der Waals surface area (Å²) in [4.78, 5) is 70.2. The summed E-state index contributed by atoms with van der Waals surface area (Å²) >= 11 is 0. The summed E-state index contributed by atoms with van der Waals surface area (Å²) in [6, 6.07) is 5.40. The van der Waals surface area contributed by atoms with Gasteiger partial charge in [0.15, 0.2) is 0 Å². The van der Waals surface area contributed by atoms with Crippen LogP contribution in [0, 0.1) is 0 Å². The Morgan fingerprint density at radius 3 is 1.91 bits per heavy atom. The van der Waals surface area contributed by atoms with E-state index in [2.05, 4.69) is 16.0 Å². The predicted octanol–water partition coefficient (Wildman–Crippen LogP) is -2.74. The van der Waals surface area contributed by atoms with Gasteiger partial charge in [-0.05, 0) is 24.8 Å². The molecule has 1 rings (SSSR count). The second-order valence-electron chi connectivity index (χ2n) is 7.54. The average molecular weight is 479 g/mol. The third-order valence-electron chi connectivity index (χ3n) is 4.68. The number of carbonyl (C=O) groups is 6. The average Bonchev–Trinajstić information content (AvgIpc) is 2.77. The van der Waals surface area contributed by atoms with E-state index >= 15 is 0 Å². The van der Waals surface area contributed by atoms with Crippen LogP contribution >= 0.6 is 0 Å². The molecule has 0 saturated carbocycles. The third kappa shape index (κ3) is 11.0. The molecule has 0 aliphatic rings. The zero-order valence-corrected chi connectivity index (χ0v) is 18.5. The fourth-order valence-corrected chi connectivity index (χ4v) is 2.87. The molecular formula is C21H30N6O7. The van der Waals surface area contributed by atoms with Crippen molar-refractivity contribution in [1.82, 2.24) is 16.0 Å². The minimum atomic E-state index is -1.38. The van der Waals surface area contributed by atoms with Crippen molar-refractivity contribution >= 4 is 35.5 Å². The van der Waals surface area contributed by atoms with Gasteiger partial charge in [0.05, 0.1) is 12.6 Å². The van der Waals surface area contributed by atoms with Gasteiger partial charge < -0.3 is 38.3 Å². The molecule has 5 amide bonds. The van der Waals surface area contributed by atoms with Crippen LogP contribution in [-0.4, -0.2) is 65.3 Å². The molecule has 0 radical (unpaired) electrons. The van der Waals surface area contributed by atoms with Gasteiger partial charge in [-0.3, -0.25) is 24.0 Å². The SMILES string of the molecule is NC(=O)CCC(NC(=O)CNC(=O)C(CCC(N)=O)NC(=O)C(N)Cc1ccccc1)C(=O)O. The fourth-order valence-electron chi connectivity index (χ4n) is 2.87. The van der Waals surface area contributed by atoms with Crippen LogP contribution in [0.25, 0.3) is 0 Å². The largest absolute Gasteiger partial charge is 0.480 e. The highest BCUT2D eigenvalue weighted by atomic mass is 16.4. The van der Waals surface area contributed by atoms with Crippen molar-refractivity contribution in [2.24, 2.45) is 17.2 Å². The van der Waals surface area contributed by atoms with Crippen LogP contribution in [0.4, 0.5) is 0 Å². The monoisotopic (exact) mass is 478 g/mol. The van der Waals surface area contributed by atoms with Crippen molar-refractivity contribution < 1.29 is 33.9 Å². The summed E-state index contributed by atoms with van der Waals surface area (Å²) in [6.45, 7) is -0.613. The van der Waals surface area contributed by atoms with Crippen LogP contribution in [-0.2, 0) is 35.2 Å². The van der Waals surface area contributed by atoms with Crippen LogP contribution in [0.3, 0.4) is 0 Å². The van der Waals surface area contributed by atoms with Gasteiger partial charge in [0.1, 0.15) is 12.1 Å². The molecule has 10 N–H and O–H groups in total. The van der Waals surface area contributed by atoms with Crippen molar-refractivity contribution in [3.63, 3.8) is 0 Å². The van der Waals surface area contributed by atoms with Crippen LogP contribution in [0.2, 0.25) is 0 Å². The Bertz CT molecular complexity index is 893. The minimum absolute atomic E-state index is 0.136. The van der Waals surface area contributed by atoms with E-state index in [0.29, 0.717) is 0 Å². The van der Waals surface area contributed by atoms with Gasteiger partial charge in [-0.15, -0.1) is 0 Å². The van der Waals surface area contributed by atoms with E-state index < -0.39 is 60.2 Å². The Hall–Kier alpha value is -4.00. The zero-order valence-electron chi connectivity index (χ0n) is 18.5. The Morgan fingerprint density at radius 2 is 1.38 bits per heavy atom. The number of benzene rings is 1. The highest BCUT2D eigenvalue weighted by Gasteiger charge is 2.26. The van der Waals surface area contributed by atoms with Crippen LogP contribution in [0.15, 0.2) is 30.3 Å². The quantitative estimate of drug-likeness (QED) is 0.139. The summed E-state index contributed by atoms with van der Waals surface area (Å²) in [5.41, 5.74) is 16.8. The highest BCUT2D eigenvalue weighted by molar-refractivity contribution is 5.93. The summed E-state index contributed by atoms with van der Waals surface area (Å²) in [5.74, 6) is -5.08. The van der Waals surface area contributed by atoms with Gasteiger partial charge in [-0.1, -0.05) is 30.3 Å². The molecular weight excluding hydrogens is 448 g/mol. The zero-order chi connectivity index (χ0) is 25.7. The molecule has 0 aliphatic carbocycles. The normalized spacial score (nSPS) is 13.1. The molecule has 1 aromatic carbocycles. The lowest BCUT2D eigenvalue weighted by molar-refractivity contribution is -0.142. The number of primary amides is 2. The maximum Gasteiger partial charge on any atom is 0.326 e. The van der Waals surface area contributed by atoms with Crippen molar-refractivity contribution in [1.29, 1.82) is 0 Å². The smallest absolute Gasteiger partial charge is 0.326 e. The maximum absolute atomic E-state index is 12.5. The number of carbonyl (C=O) groups excluding carboxylic acids is 5. The lowest BCUT2D eigenvalue weighted by Crippen LogP contribution is -2.54. The molecule has 0 spiro atoms. The Labute approximate surface area is 195 Å². The summed E-state index contributed by atoms with van der Waals surface area (Å²) < 4.78 is 0. The Morgan fingerprint density at radius 1 is 0.824 bits per heavy atom. The number of amides is 5. The molecule has 3 atom stereocenters. The van der Waals surface area contributed by atoms with E-state index in [1.807, 2.05) is 6.07 Å². The van der Waals surface area contributed by atoms with Gasteiger partial charge >= 0.3 is 5.97 Å². The molecule has 0 saturated heterocycles. The van der Waals surface area contributed by atoms with E-state index in [1.165, 1.54) is 0 Å². The van der Waals surface area contributed by atoms with Crippen molar-refractivity contribution in [3.8, 4) is 0 Å². The number of hydrogen-bond donors (Lipinski definition) is 7. The molecule has 34 heavy (non-hydrogen) atoms. The number of rotatable bonds is 15. The van der Waals surface area contributed by atoms with E-state index in [1.54, 1.807) is 24.3 Å². The Kier molecular flexibility index (Phi) is 11.7. The topological polar surface area (TPSA) is 237 Å². The van der Waals surface area contributed by atoms with Crippen LogP contribution in [0.1, 0.15) is 31.2 Å². The number of nitrogens with two attached hydrogens (primary N) is 3. The standard InChI is InChI=1S/C21H30N6O7/c22-13(10-12-4-2-1-3-5-12)19(31)27-14(6-8-16(23)28)20(32)25-11-18(30)26-15(21(33)34)7-9-17(24)29/h1-5,13-15H,6-11,22H2,(H2,23,28)(H2,24,29)(H,25,32)(H,26,30)(H,27,31)(H,33,34). The number of carboxylic acid groups (broad SMARTS) is 1. The van der Waals surface area contributed by atoms with E-state index in [9.17, 15) is 28.8 Å². The second-order valence-corrected chi connectivity index (χ2v) is 7.54. The lowest BCUT2D eigenvalue weighted by Gasteiger charge is -2.21. The van der Waals surface area contributed by atoms with Gasteiger partial charge in [0.2, 0.25) is 29.5 Å². The number of aliphatic carboxylic acids is 1. The summed E-state index contributed by atoms with van der Waals surface area (Å²) in [6.07, 6.45) is -0.619. The van der Waals surface area contributed by atoms with Gasteiger partial charge in [0.25, 0.3) is 0 Å². The second kappa shape index (κ2) is 14.2. The van der Waals surface area contributed by atoms with Gasteiger partial charge in [0, 0.05) is 12.8 Å². The van der Waals surface area contributed by atoms with Crippen molar-refractivity contribution in [3.05, 3.63) is 35.9 Å². The van der Waals surface area contributed by atoms with Crippen molar-refractivity contribution in [2.75, 3.05) is 6.54 Å². The van der Waals surface area contributed by atoms with E-state index in [0.717, 1.165) is 5.56 Å². The van der Waals surface area contributed by atoms with Crippen LogP contribution < -0.4 is 33.2 Å². The van der Waals surface area contributed by atoms with Gasteiger partial charge in [-0.25, -0.2) is 4.79 Å². The summed E-state index contributed by atoms with van der Waals surface area (Å²) in [7, 11) is 0. The molecule has 13 heteroatoms. The third-order valence-corrected chi connectivity index (χ3v) is 4.68. The molecule has 3 unspecified atom stereocenters. The van der Waals surface area contributed by atoms with Crippen LogP contribution in [0.5, 0.6) is 0 Å². The van der Waals surface area contributed by atoms with Crippen molar-refractivity contribution in [2.45, 2.75) is 50.2 Å². The highest BCUT2D eigenvalue weighted by Crippen LogP contribution is 2.04. The molecule has 0 fully saturated rings. The fraction of sp³-hybridized carbons (Fsp3) is 0.429. The lowest BCUT2D eigenvalue weighted by atomic mass is 10.0. The molecule has 0 aliphatic heterocycles. The van der Waals surface area contributed by atoms with E-state index in [4.69, 9.17) is 22.3 Å². The molecule has 186 valence electrons. The maximum atomic E-state index is 12.5. The predicted molar refractivity (Wildman–Crippen MR) is 119 cm³/mol. The van der Waals surface area contributed by atoms with E-state index in [-0.39, 0.29) is 32.1 Å². The molecule has 0 bridgehead atoms. The number of carboxylic acids is 1. The Balaban J connectivity index is 2.69. The number of hydrogen-bond acceptors (Lipinski definition) is 7. The first kappa shape index (κ1) is 28.0. The first-order chi connectivity index (χ1) is 16.0. The first-order valence-electron chi connectivity index (χ1n) is 10.5. The first-order valence-corrected chi connectivity index (χ1v) is 10.5.